The van der Waals surface area contributed by atoms with Crippen molar-refractivity contribution < 1.29 is 4.79 Å². The van der Waals surface area contributed by atoms with Crippen LogP contribution in [0.25, 0.3) is 0 Å². The molecule has 3 nitrogen and oxygen atoms in total. The van der Waals surface area contributed by atoms with Crippen LogP contribution in [0, 0.1) is 0 Å². The fraction of sp³-hybridized carbons (Fsp3) is 0.643. The predicted molar refractivity (Wildman–Crippen MR) is 77.9 cm³/mol. The summed E-state index contributed by atoms with van der Waals surface area (Å²) < 4.78 is 0. The van der Waals surface area contributed by atoms with E-state index in [1.54, 1.807) is 30.3 Å². The molecule has 0 aliphatic carbocycles. The van der Waals surface area contributed by atoms with Crippen molar-refractivity contribution in [2.45, 2.75) is 38.6 Å². The minimum absolute atomic E-state index is 0.208. The van der Waals surface area contributed by atoms with Gasteiger partial charge in [0, 0.05) is 31.4 Å². The second-order valence-corrected chi connectivity index (χ2v) is 5.68. The number of hydrogen-bond donors (Lipinski definition) is 1. The molecule has 4 heteroatoms. The average Bonchev–Trinajstić information content (AvgIpc) is 2.86. The lowest BCUT2D eigenvalue weighted by Crippen LogP contribution is -2.25. The summed E-state index contributed by atoms with van der Waals surface area (Å²) in [6, 6.07) is 4.73. The van der Waals surface area contributed by atoms with Crippen molar-refractivity contribution in [2.24, 2.45) is 0 Å². The maximum atomic E-state index is 11.4. The number of nitrogens with one attached hydrogen (secondary N) is 1. The maximum Gasteiger partial charge on any atom is 0.222 e. The Labute approximate surface area is 114 Å². The van der Waals surface area contributed by atoms with Gasteiger partial charge >= 0.3 is 0 Å². The third-order valence-electron chi connectivity index (χ3n) is 2.92. The van der Waals surface area contributed by atoms with E-state index in [4.69, 9.17) is 0 Å². The first kappa shape index (κ1) is 15.2. The highest BCUT2D eigenvalue weighted by Crippen LogP contribution is 2.23. The van der Waals surface area contributed by atoms with Gasteiger partial charge in [-0.25, -0.2) is 0 Å². The molecule has 1 aromatic heterocycles. The van der Waals surface area contributed by atoms with Crippen LogP contribution >= 0.6 is 11.3 Å². The number of hydrogen-bond acceptors (Lipinski definition) is 3. The normalized spacial score (nSPS) is 12.4. The van der Waals surface area contributed by atoms with Crippen molar-refractivity contribution in [1.29, 1.82) is 0 Å². The minimum atomic E-state index is 0.208. The molecule has 1 atom stereocenters. The van der Waals surface area contributed by atoms with Crippen molar-refractivity contribution in [1.82, 2.24) is 10.2 Å². The minimum Gasteiger partial charge on any atom is -0.349 e. The topological polar surface area (TPSA) is 32.3 Å². The molecule has 0 saturated carbocycles. The Balaban J connectivity index is 2.29. The van der Waals surface area contributed by atoms with Gasteiger partial charge in [-0.1, -0.05) is 19.4 Å². The lowest BCUT2D eigenvalue weighted by Gasteiger charge is -2.17. The van der Waals surface area contributed by atoms with E-state index in [9.17, 15) is 4.79 Å². The molecule has 0 aromatic carbocycles. The number of nitrogens with zero attached hydrogens (tertiary/aromatic N) is 1. The molecule has 1 aromatic rings. The van der Waals surface area contributed by atoms with Gasteiger partial charge in [0.25, 0.3) is 0 Å². The van der Waals surface area contributed by atoms with Crippen molar-refractivity contribution in [3.8, 4) is 0 Å². The Bertz CT molecular complexity index is 336. The molecule has 1 N–H and O–H groups in total. The van der Waals surface area contributed by atoms with Gasteiger partial charge in [-0.15, -0.1) is 11.3 Å². The van der Waals surface area contributed by atoms with Crippen molar-refractivity contribution in [3.63, 3.8) is 0 Å². The zero-order valence-corrected chi connectivity index (χ0v) is 12.4. The van der Waals surface area contributed by atoms with E-state index >= 15 is 0 Å². The van der Waals surface area contributed by atoms with E-state index in [-0.39, 0.29) is 5.91 Å². The smallest absolute Gasteiger partial charge is 0.222 e. The molecule has 0 saturated heterocycles. The summed E-state index contributed by atoms with van der Waals surface area (Å²) in [6.45, 7) is 3.11. The van der Waals surface area contributed by atoms with Gasteiger partial charge in [0.05, 0.1) is 0 Å². The molecular formula is C14H24N2OS. The first-order valence-electron chi connectivity index (χ1n) is 6.62. The van der Waals surface area contributed by atoms with Crippen LogP contribution in [-0.4, -0.2) is 31.4 Å². The summed E-state index contributed by atoms with van der Waals surface area (Å²) in [4.78, 5) is 14.5. The molecule has 0 radical (unpaired) electrons. The Hall–Kier alpha value is -0.870. The predicted octanol–water partition coefficient (Wildman–Crippen LogP) is 3.05. The molecule has 0 bridgehead atoms. The first-order chi connectivity index (χ1) is 8.65. The van der Waals surface area contributed by atoms with E-state index in [0.29, 0.717) is 12.5 Å². The van der Waals surface area contributed by atoms with Crippen LogP contribution in [0.5, 0.6) is 0 Å². The van der Waals surface area contributed by atoms with Crippen LogP contribution in [-0.2, 0) is 4.79 Å². The van der Waals surface area contributed by atoms with Gasteiger partial charge in [0.2, 0.25) is 5.91 Å². The van der Waals surface area contributed by atoms with Crippen LogP contribution < -0.4 is 5.32 Å². The van der Waals surface area contributed by atoms with Crippen LogP contribution in [0.4, 0.5) is 0 Å². The summed E-state index contributed by atoms with van der Waals surface area (Å²) in [7, 11) is 3.61. The standard InChI is InChI=1S/C14H24N2OS/c1-4-7-12(13-8-6-11-18-13)15-10-5-9-14(17)16(2)3/h6,8,11-12,15H,4-5,7,9-10H2,1-3H3. The van der Waals surface area contributed by atoms with E-state index in [1.165, 1.54) is 11.3 Å². The summed E-state index contributed by atoms with van der Waals surface area (Å²) in [5.74, 6) is 0.208. The van der Waals surface area contributed by atoms with E-state index < -0.39 is 0 Å². The molecule has 1 unspecified atom stereocenters. The SMILES string of the molecule is CCCC(NCCCC(=O)N(C)C)c1cccs1. The van der Waals surface area contributed by atoms with E-state index in [1.807, 2.05) is 0 Å². The summed E-state index contributed by atoms with van der Waals surface area (Å²) in [6.07, 6.45) is 3.86. The van der Waals surface area contributed by atoms with E-state index in [2.05, 4.69) is 29.8 Å². The lowest BCUT2D eigenvalue weighted by molar-refractivity contribution is -0.128. The van der Waals surface area contributed by atoms with Gasteiger partial charge in [-0.05, 0) is 30.8 Å². The second kappa shape index (κ2) is 8.27. The monoisotopic (exact) mass is 268 g/mol. The van der Waals surface area contributed by atoms with Gasteiger partial charge < -0.3 is 10.2 Å². The van der Waals surface area contributed by atoms with E-state index in [0.717, 1.165) is 19.4 Å². The Morgan fingerprint density at radius 2 is 2.28 bits per heavy atom. The molecule has 1 amide bonds. The highest BCUT2D eigenvalue weighted by molar-refractivity contribution is 7.10. The Morgan fingerprint density at radius 3 is 2.83 bits per heavy atom. The van der Waals surface area contributed by atoms with Crippen LogP contribution in [0.3, 0.4) is 0 Å². The summed E-state index contributed by atoms with van der Waals surface area (Å²) in [5.41, 5.74) is 0. The Morgan fingerprint density at radius 1 is 1.50 bits per heavy atom. The maximum absolute atomic E-state index is 11.4. The Kier molecular flexibility index (Phi) is 6.98. The molecule has 1 rings (SSSR count). The molecule has 0 spiro atoms. The zero-order chi connectivity index (χ0) is 13.4. The number of thiophene rings is 1. The molecule has 0 aliphatic rings. The van der Waals surface area contributed by atoms with Crippen molar-refractivity contribution in [2.75, 3.05) is 20.6 Å². The number of carbonyl (C=O) groups excluding carboxylic acids is 1. The summed E-state index contributed by atoms with van der Waals surface area (Å²) in [5, 5.41) is 5.68. The highest BCUT2D eigenvalue weighted by Gasteiger charge is 2.11. The van der Waals surface area contributed by atoms with Gasteiger partial charge in [-0.3, -0.25) is 4.79 Å². The van der Waals surface area contributed by atoms with Crippen molar-refractivity contribution in [3.05, 3.63) is 22.4 Å². The zero-order valence-electron chi connectivity index (χ0n) is 11.6. The number of carbonyl (C=O) groups is 1. The fourth-order valence-electron chi connectivity index (χ4n) is 1.86. The number of amides is 1. The molecule has 0 fully saturated rings. The van der Waals surface area contributed by atoms with Crippen LogP contribution in [0.15, 0.2) is 17.5 Å². The summed E-state index contributed by atoms with van der Waals surface area (Å²) >= 11 is 1.80. The van der Waals surface area contributed by atoms with Gasteiger partial charge in [0.15, 0.2) is 0 Å². The van der Waals surface area contributed by atoms with Crippen molar-refractivity contribution >= 4 is 17.2 Å². The van der Waals surface area contributed by atoms with Gasteiger partial charge in [-0.2, -0.15) is 0 Å². The quantitative estimate of drug-likeness (QED) is 0.735. The third-order valence-corrected chi connectivity index (χ3v) is 3.91. The largest absolute Gasteiger partial charge is 0.349 e. The molecule has 18 heavy (non-hydrogen) atoms. The molecule has 102 valence electrons. The molecular weight excluding hydrogens is 244 g/mol. The molecule has 0 aliphatic heterocycles. The average molecular weight is 268 g/mol. The lowest BCUT2D eigenvalue weighted by atomic mass is 10.1. The highest BCUT2D eigenvalue weighted by atomic mass is 32.1. The van der Waals surface area contributed by atoms with Gasteiger partial charge in [0.1, 0.15) is 0 Å². The third kappa shape index (κ3) is 5.19. The number of rotatable bonds is 8. The fourth-order valence-corrected chi connectivity index (χ4v) is 2.70. The molecule has 1 heterocycles. The second-order valence-electron chi connectivity index (χ2n) is 4.70. The van der Waals surface area contributed by atoms with Crippen LogP contribution in [0.2, 0.25) is 0 Å². The first-order valence-corrected chi connectivity index (χ1v) is 7.50. The van der Waals surface area contributed by atoms with Crippen LogP contribution in [0.1, 0.15) is 43.5 Å².